The van der Waals surface area contributed by atoms with Crippen molar-refractivity contribution in [1.29, 1.82) is 0 Å². The van der Waals surface area contributed by atoms with Gasteiger partial charge in [0.1, 0.15) is 5.69 Å². The number of rotatable bonds is 3. The SMILES string of the molecule is NCc1cc(NC(=O)c2cc3ncccc3[nH]2)cc(C(F)(F)F)c1.O=C(O)C(F)(F)F. The number of aromatic amines is 1. The molecule has 0 saturated heterocycles. The number of fused-ring (bicyclic) bond motifs is 1. The molecule has 0 atom stereocenters. The predicted molar refractivity (Wildman–Crippen MR) is 97.1 cm³/mol. The first-order valence-electron chi connectivity index (χ1n) is 8.27. The largest absolute Gasteiger partial charge is 0.490 e. The highest BCUT2D eigenvalue weighted by molar-refractivity contribution is 6.05. The molecule has 166 valence electrons. The van der Waals surface area contributed by atoms with Gasteiger partial charge in [-0.1, -0.05) is 0 Å². The second-order valence-electron chi connectivity index (χ2n) is 6.00. The van der Waals surface area contributed by atoms with E-state index in [4.69, 9.17) is 15.6 Å². The van der Waals surface area contributed by atoms with Gasteiger partial charge in [-0.05, 0) is 42.0 Å². The number of amides is 1. The molecular formula is C18H14F6N4O3. The van der Waals surface area contributed by atoms with Crippen molar-refractivity contribution in [2.75, 3.05) is 5.32 Å². The summed E-state index contributed by atoms with van der Waals surface area (Å²) >= 11 is 0. The van der Waals surface area contributed by atoms with E-state index in [-0.39, 0.29) is 23.5 Å². The lowest BCUT2D eigenvalue weighted by molar-refractivity contribution is -0.192. The van der Waals surface area contributed by atoms with Gasteiger partial charge in [-0.15, -0.1) is 0 Å². The van der Waals surface area contributed by atoms with Crippen LogP contribution >= 0.6 is 0 Å². The number of anilines is 1. The summed E-state index contributed by atoms with van der Waals surface area (Å²) in [5.74, 6) is -3.32. The molecule has 0 spiro atoms. The van der Waals surface area contributed by atoms with E-state index >= 15 is 0 Å². The standard InChI is InChI=1S/C16H13F3N4O.C2HF3O2/c17-16(18,19)10-4-9(8-20)5-11(6-10)22-15(24)14-7-13-12(23-14)2-1-3-21-13;3-2(4,5)1(6)7/h1-7,23H,8,20H2,(H,22,24);(H,6,7). The summed E-state index contributed by atoms with van der Waals surface area (Å²) in [6.45, 7) is -0.0664. The second-order valence-corrected chi connectivity index (χ2v) is 6.00. The first-order valence-corrected chi connectivity index (χ1v) is 8.27. The monoisotopic (exact) mass is 448 g/mol. The number of carboxylic acid groups (broad SMARTS) is 1. The van der Waals surface area contributed by atoms with Gasteiger partial charge in [-0.25, -0.2) is 4.79 Å². The molecule has 0 fully saturated rings. The van der Waals surface area contributed by atoms with E-state index in [1.165, 1.54) is 12.1 Å². The Morgan fingerprint density at radius 2 is 1.74 bits per heavy atom. The smallest absolute Gasteiger partial charge is 0.475 e. The molecule has 0 saturated carbocycles. The van der Waals surface area contributed by atoms with E-state index in [2.05, 4.69) is 15.3 Å². The molecule has 0 aliphatic heterocycles. The summed E-state index contributed by atoms with van der Waals surface area (Å²) < 4.78 is 70.5. The van der Waals surface area contributed by atoms with Gasteiger partial charge in [0.25, 0.3) is 5.91 Å². The third-order valence-corrected chi connectivity index (χ3v) is 3.69. The third-order valence-electron chi connectivity index (χ3n) is 3.69. The van der Waals surface area contributed by atoms with E-state index in [1.54, 1.807) is 18.3 Å². The lowest BCUT2D eigenvalue weighted by Gasteiger charge is -2.12. The zero-order valence-electron chi connectivity index (χ0n) is 15.3. The van der Waals surface area contributed by atoms with Crippen LogP contribution in [0, 0.1) is 0 Å². The molecule has 13 heteroatoms. The number of aliphatic carboxylic acids is 1. The van der Waals surface area contributed by atoms with Crippen LogP contribution in [0.5, 0.6) is 0 Å². The molecule has 1 aromatic carbocycles. The molecule has 3 rings (SSSR count). The number of nitrogens with two attached hydrogens (primary N) is 1. The number of benzene rings is 1. The average Bonchev–Trinajstić information content (AvgIpc) is 3.11. The number of carboxylic acids is 1. The van der Waals surface area contributed by atoms with Crippen molar-refractivity contribution >= 4 is 28.6 Å². The van der Waals surface area contributed by atoms with Crippen LogP contribution in [0.3, 0.4) is 0 Å². The van der Waals surface area contributed by atoms with Gasteiger partial charge in [-0.3, -0.25) is 9.78 Å². The number of halogens is 6. The van der Waals surface area contributed by atoms with E-state index in [1.807, 2.05) is 0 Å². The van der Waals surface area contributed by atoms with Gasteiger partial charge in [0, 0.05) is 18.4 Å². The first-order chi connectivity index (χ1) is 14.3. The average molecular weight is 448 g/mol. The minimum absolute atomic E-state index is 0.0295. The maximum Gasteiger partial charge on any atom is 0.490 e. The molecule has 1 amide bonds. The predicted octanol–water partition coefficient (Wildman–Crippen LogP) is 3.93. The van der Waals surface area contributed by atoms with Gasteiger partial charge in [0.2, 0.25) is 0 Å². The molecule has 2 aromatic heterocycles. The fraction of sp³-hybridized carbons (Fsp3) is 0.167. The summed E-state index contributed by atoms with van der Waals surface area (Å²) in [6.07, 6.45) is -8.02. The zero-order valence-corrected chi connectivity index (χ0v) is 15.3. The Morgan fingerprint density at radius 1 is 1.10 bits per heavy atom. The number of pyridine rings is 1. The Morgan fingerprint density at radius 3 is 2.26 bits per heavy atom. The number of hydrogen-bond acceptors (Lipinski definition) is 4. The van der Waals surface area contributed by atoms with Crippen LogP contribution in [0.4, 0.5) is 32.0 Å². The summed E-state index contributed by atoms with van der Waals surface area (Å²) in [5.41, 5.74) is 6.33. The third kappa shape index (κ3) is 6.44. The molecule has 31 heavy (non-hydrogen) atoms. The van der Waals surface area contributed by atoms with Gasteiger partial charge in [-0.2, -0.15) is 26.3 Å². The number of nitrogens with zero attached hydrogens (tertiary/aromatic N) is 1. The maximum atomic E-state index is 12.9. The zero-order chi connectivity index (χ0) is 23.4. The van der Waals surface area contributed by atoms with Crippen LogP contribution in [0.1, 0.15) is 21.6 Å². The Hall–Kier alpha value is -3.61. The molecule has 0 radical (unpaired) electrons. The lowest BCUT2D eigenvalue weighted by atomic mass is 10.1. The van der Waals surface area contributed by atoms with Gasteiger partial charge in [0.05, 0.1) is 16.6 Å². The summed E-state index contributed by atoms with van der Waals surface area (Å²) in [6, 6.07) is 8.23. The van der Waals surface area contributed by atoms with Gasteiger partial charge >= 0.3 is 18.3 Å². The Balaban J connectivity index is 0.000000423. The molecular weight excluding hydrogens is 434 g/mol. The van der Waals surface area contributed by atoms with Crippen LogP contribution in [0.2, 0.25) is 0 Å². The number of carbonyl (C=O) groups excluding carboxylic acids is 1. The van der Waals surface area contributed by atoms with Crippen molar-refractivity contribution in [3.63, 3.8) is 0 Å². The van der Waals surface area contributed by atoms with Crippen LogP contribution in [0.15, 0.2) is 42.6 Å². The highest BCUT2D eigenvalue weighted by Gasteiger charge is 2.38. The maximum absolute atomic E-state index is 12.9. The normalized spacial score (nSPS) is 11.6. The molecule has 2 heterocycles. The number of hydrogen-bond donors (Lipinski definition) is 4. The number of H-pyrrole nitrogens is 1. The van der Waals surface area contributed by atoms with E-state index in [0.29, 0.717) is 11.0 Å². The van der Waals surface area contributed by atoms with Crippen molar-refractivity contribution < 1.29 is 41.0 Å². The van der Waals surface area contributed by atoms with Gasteiger partial charge < -0.3 is 21.1 Å². The Kier molecular flexibility index (Phi) is 6.90. The second kappa shape index (κ2) is 9.04. The highest BCUT2D eigenvalue weighted by atomic mass is 19.4. The van der Waals surface area contributed by atoms with Gasteiger partial charge in [0.15, 0.2) is 0 Å². The van der Waals surface area contributed by atoms with Crippen LogP contribution in [-0.4, -0.2) is 33.1 Å². The van der Waals surface area contributed by atoms with Crippen LogP contribution < -0.4 is 11.1 Å². The van der Waals surface area contributed by atoms with Crippen molar-refractivity contribution in [3.8, 4) is 0 Å². The number of aromatic nitrogens is 2. The van der Waals surface area contributed by atoms with Crippen molar-refractivity contribution in [2.45, 2.75) is 18.9 Å². The minimum Gasteiger partial charge on any atom is -0.475 e. The van der Waals surface area contributed by atoms with E-state index in [9.17, 15) is 31.1 Å². The highest BCUT2D eigenvalue weighted by Crippen LogP contribution is 2.32. The van der Waals surface area contributed by atoms with Crippen molar-refractivity contribution in [2.24, 2.45) is 5.73 Å². The topological polar surface area (TPSA) is 121 Å². The Bertz CT molecular complexity index is 1060. The van der Waals surface area contributed by atoms with Crippen LogP contribution in [-0.2, 0) is 17.5 Å². The number of carbonyl (C=O) groups is 2. The fourth-order valence-electron chi connectivity index (χ4n) is 2.32. The lowest BCUT2D eigenvalue weighted by Crippen LogP contribution is -2.21. The quantitative estimate of drug-likeness (QED) is 0.453. The molecule has 0 aliphatic carbocycles. The molecule has 3 aromatic rings. The number of alkyl halides is 6. The minimum atomic E-state index is -5.08. The summed E-state index contributed by atoms with van der Waals surface area (Å²) in [5, 5.41) is 9.58. The fourth-order valence-corrected chi connectivity index (χ4v) is 2.32. The molecule has 0 unspecified atom stereocenters. The van der Waals surface area contributed by atoms with Crippen LogP contribution in [0.25, 0.3) is 11.0 Å². The van der Waals surface area contributed by atoms with E-state index < -0.39 is 29.8 Å². The molecule has 7 nitrogen and oxygen atoms in total. The summed E-state index contributed by atoms with van der Waals surface area (Å²) in [4.78, 5) is 28.1. The van der Waals surface area contributed by atoms with Crippen molar-refractivity contribution in [1.82, 2.24) is 9.97 Å². The summed E-state index contributed by atoms with van der Waals surface area (Å²) in [7, 11) is 0. The Labute approximate surface area is 169 Å². The number of nitrogens with one attached hydrogen (secondary N) is 2. The van der Waals surface area contributed by atoms with E-state index in [0.717, 1.165) is 12.1 Å². The van der Waals surface area contributed by atoms with Crippen molar-refractivity contribution in [3.05, 3.63) is 59.4 Å². The molecule has 0 aliphatic rings. The molecule has 0 bridgehead atoms. The molecule has 5 N–H and O–H groups in total. The first kappa shape index (κ1) is 23.7.